The summed E-state index contributed by atoms with van der Waals surface area (Å²) < 4.78 is 8.64. The highest BCUT2D eigenvalue weighted by Crippen LogP contribution is 2.25. The summed E-state index contributed by atoms with van der Waals surface area (Å²) in [6.45, 7) is 3.81. The summed E-state index contributed by atoms with van der Waals surface area (Å²) in [5.74, 6) is -0.538. The lowest BCUT2D eigenvalue weighted by Gasteiger charge is -2.06. The normalized spacial score (nSPS) is 11.3. The monoisotopic (exact) mass is 476 g/mol. The van der Waals surface area contributed by atoms with Crippen LogP contribution in [0.25, 0.3) is 28.7 Å². The first-order valence-electron chi connectivity index (χ1n) is 11.5. The van der Waals surface area contributed by atoms with Gasteiger partial charge in [0.15, 0.2) is 0 Å². The molecule has 0 atom stereocenters. The average Bonchev–Trinajstić information content (AvgIpc) is 3.32. The van der Waals surface area contributed by atoms with Crippen LogP contribution in [0.2, 0.25) is 0 Å². The summed E-state index contributed by atoms with van der Waals surface area (Å²) in [5, 5.41) is 4.77. The number of aryl methyl sites for hydroxylation is 2. The maximum Gasteiger partial charge on any atom is 0.331 e. The molecule has 0 saturated carbocycles. The zero-order valence-electron chi connectivity index (χ0n) is 20.0. The lowest BCUT2D eigenvalue weighted by atomic mass is 10.1. The van der Waals surface area contributed by atoms with Crippen LogP contribution in [-0.2, 0) is 16.1 Å². The molecule has 2 aromatic carbocycles. The smallest absolute Gasteiger partial charge is 0.331 e. The Hall–Kier alpha value is -4.78. The predicted molar refractivity (Wildman–Crippen MR) is 139 cm³/mol. The van der Waals surface area contributed by atoms with E-state index in [1.807, 2.05) is 80.7 Å². The maximum atomic E-state index is 12.5. The van der Waals surface area contributed by atoms with Crippen molar-refractivity contribution in [3.05, 3.63) is 124 Å². The van der Waals surface area contributed by atoms with Crippen LogP contribution in [0, 0.1) is 13.8 Å². The number of para-hydroxylation sites is 1. The molecule has 0 bridgehead atoms. The Morgan fingerprint density at radius 3 is 2.56 bits per heavy atom. The number of ether oxygens (including phenoxy) is 1. The van der Waals surface area contributed by atoms with Crippen LogP contribution >= 0.6 is 0 Å². The first kappa shape index (κ1) is 23.0. The van der Waals surface area contributed by atoms with E-state index in [-0.39, 0.29) is 12.2 Å². The fourth-order valence-corrected chi connectivity index (χ4v) is 3.89. The van der Waals surface area contributed by atoms with E-state index in [4.69, 9.17) is 9.84 Å². The number of esters is 1. The van der Waals surface area contributed by atoms with Crippen molar-refractivity contribution in [1.29, 1.82) is 0 Å². The highest BCUT2D eigenvalue weighted by atomic mass is 16.5. The largest absolute Gasteiger partial charge is 0.456 e. The first-order chi connectivity index (χ1) is 17.5. The van der Waals surface area contributed by atoms with Crippen molar-refractivity contribution in [2.75, 3.05) is 0 Å². The van der Waals surface area contributed by atoms with Gasteiger partial charge in [-0.2, -0.15) is 5.10 Å². The molecule has 0 fully saturated rings. The van der Waals surface area contributed by atoms with Crippen molar-refractivity contribution in [1.82, 2.24) is 19.2 Å². The van der Waals surface area contributed by atoms with Gasteiger partial charge < -0.3 is 4.74 Å². The lowest BCUT2D eigenvalue weighted by Crippen LogP contribution is -2.17. The SMILES string of the molecule is Cc1ccc(-c2nn(-c3ccccc3)cc2/C=C/C(=O)OCc2cc(=O)n3cccc(C)c3n2)cc1. The van der Waals surface area contributed by atoms with Gasteiger partial charge in [0.2, 0.25) is 0 Å². The van der Waals surface area contributed by atoms with Crippen LogP contribution in [-0.4, -0.2) is 25.1 Å². The van der Waals surface area contributed by atoms with Crippen molar-refractivity contribution in [2.24, 2.45) is 0 Å². The number of pyridine rings is 1. The molecule has 36 heavy (non-hydrogen) atoms. The minimum Gasteiger partial charge on any atom is -0.456 e. The molecule has 7 heteroatoms. The van der Waals surface area contributed by atoms with Crippen molar-refractivity contribution < 1.29 is 9.53 Å². The third kappa shape index (κ3) is 4.86. The van der Waals surface area contributed by atoms with Gasteiger partial charge >= 0.3 is 5.97 Å². The van der Waals surface area contributed by atoms with E-state index in [0.717, 1.165) is 33.6 Å². The number of fused-ring (bicyclic) bond motifs is 1. The molecule has 0 spiro atoms. The number of hydrogen-bond acceptors (Lipinski definition) is 5. The summed E-state index contributed by atoms with van der Waals surface area (Å²) >= 11 is 0. The molecule has 0 aliphatic heterocycles. The summed E-state index contributed by atoms with van der Waals surface area (Å²) in [6, 6.07) is 22.9. The molecule has 0 aliphatic rings. The summed E-state index contributed by atoms with van der Waals surface area (Å²) in [7, 11) is 0. The Bertz CT molecular complexity index is 1630. The molecule has 0 saturated heterocycles. The van der Waals surface area contributed by atoms with Crippen LogP contribution < -0.4 is 5.56 Å². The van der Waals surface area contributed by atoms with Gasteiger partial charge in [-0.25, -0.2) is 14.5 Å². The molecule has 3 heterocycles. The Labute approximate surface area is 207 Å². The average molecular weight is 477 g/mol. The fraction of sp³-hybridized carbons (Fsp3) is 0.103. The molecule has 3 aromatic heterocycles. The van der Waals surface area contributed by atoms with E-state index in [1.165, 1.54) is 16.5 Å². The van der Waals surface area contributed by atoms with E-state index in [2.05, 4.69) is 4.98 Å². The maximum absolute atomic E-state index is 12.5. The second-order valence-electron chi connectivity index (χ2n) is 8.49. The number of benzene rings is 2. The first-order valence-corrected chi connectivity index (χ1v) is 11.5. The molecule has 5 aromatic rings. The van der Waals surface area contributed by atoms with E-state index in [1.54, 1.807) is 23.0 Å². The molecule has 0 amide bonds. The zero-order chi connectivity index (χ0) is 25.1. The summed E-state index contributed by atoms with van der Waals surface area (Å²) in [4.78, 5) is 29.4. The third-order valence-electron chi connectivity index (χ3n) is 5.79. The minimum absolute atomic E-state index is 0.0999. The van der Waals surface area contributed by atoms with Crippen molar-refractivity contribution >= 4 is 17.7 Å². The van der Waals surface area contributed by atoms with E-state index < -0.39 is 5.97 Å². The topological polar surface area (TPSA) is 78.5 Å². The number of aromatic nitrogens is 4. The molecule has 0 radical (unpaired) electrons. The van der Waals surface area contributed by atoms with Gasteiger partial charge in [-0.3, -0.25) is 9.20 Å². The van der Waals surface area contributed by atoms with Gasteiger partial charge in [-0.05, 0) is 43.7 Å². The minimum atomic E-state index is -0.538. The van der Waals surface area contributed by atoms with Crippen molar-refractivity contribution in [2.45, 2.75) is 20.5 Å². The fourth-order valence-electron chi connectivity index (χ4n) is 3.89. The summed E-state index contributed by atoms with van der Waals surface area (Å²) in [5.41, 5.74) is 6.12. The number of rotatable bonds is 6. The van der Waals surface area contributed by atoms with Crippen LogP contribution in [0.5, 0.6) is 0 Å². The molecule has 5 rings (SSSR count). The Balaban J connectivity index is 1.38. The van der Waals surface area contributed by atoms with Gasteiger partial charge in [0.1, 0.15) is 12.3 Å². The predicted octanol–water partition coefficient (Wildman–Crippen LogP) is 4.92. The van der Waals surface area contributed by atoms with Crippen molar-refractivity contribution in [3.8, 4) is 16.9 Å². The molecule has 7 nitrogen and oxygen atoms in total. The highest BCUT2D eigenvalue weighted by molar-refractivity contribution is 5.88. The molecular formula is C29H24N4O3. The summed E-state index contributed by atoms with van der Waals surface area (Å²) in [6.07, 6.45) is 6.60. The van der Waals surface area contributed by atoms with Crippen LogP contribution in [0.3, 0.4) is 0 Å². The van der Waals surface area contributed by atoms with Crippen LogP contribution in [0.4, 0.5) is 0 Å². The highest BCUT2D eigenvalue weighted by Gasteiger charge is 2.12. The Morgan fingerprint density at radius 2 is 1.78 bits per heavy atom. The Kier molecular flexibility index (Phi) is 6.28. The number of hydrogen-bond donors (Lipinski definition) is 0. The zero-order valence-corrected chi connectivity index (χ0v) is 20.0. The van der Waals surface area contributed by atoms with E-state index in [9.17, 15) is 9.59 Å². The molecule has 0 aliphatic carbocycles. The second-order valence-corrected chi connectivity index (χ2v) is 8.49. The quantitative estimate of drug-likeness (QED) is 0.257. The Morgan fingerprint density at radius 1 is 1.00 bits per heavy atom. The number of nitrogens with zero attached hydrogens (tertiary/aromatic N) is 4. The standard InChI is InChI=1S/C29H24N4O3/c1-20-10-12-22(13-11-20)28-23(18-33(31-28)25-8-4-3-5-9-25)14-15-27(35)36-19-24-17-26(34)32-16-6-7-21(2)29(32)30-24/h3-18H,19H2,1-2H3/b15-14+. The van der Waals surface area contributed by atoms with Crippen LogP contribution in [0.15, 0.2) is 96.1 Å². The lowest BCUT2D eigenvalue weighted by molar-refractivity contribution is -0.139. The number of carbonyl (C=O) groups excluding carboxylic acids is 1. The van der Waals surface area contributed by atoms with E-state index >= 15 is 0 Å². The number of carbonyl (C=O) groups is 1. The molecule has 178 valence electrons. The molecule has 0 N–H and O–H groups in total. The second kappa shape index (κ2) is 9.84. The van der Waals surface area contributed by atoms with Crippen LogP contribution in [0.1, 0.15) is 22.4 Å². The molecular weight excluding hydrogens is 452 g/mol. The third-order valence-corrected chi connectivity index (χ3v) is 5.79. The van der Waals surface area contributed by atoms with Gasteiger partial charge in [-0.1, -0.05) is 54.1 Å². The van der Waals surface area contributed by atoms with Gasteiger partial charge in [0.25, 0.3) is 5.56 Å². The molecule has 0 unspecified atom stereocenters. The van der Waals surface area contributed by atoms with Gasteiger partial charge in [-0.15, -0.1) is 0 Å². The van der Waals surface area contributed by atoms with Crippen molar-refractivity contribution in [3.63, 3.8) is 0 Å². The van der Waals surface area contributed by atoms with Gasteiger partial charge in [0.05, 0.1) is 17.1 Å². The van der Waals surface area contributed by atoms with E-state index in [0.29, 0.717) is 11.3 Å². The van der Waals surface area contributed by atoms with Gasteiger partial charge in [0, 0.05) is 35.7 Å².